The molecule has 0 spiro atoms. The Morgan fingerprint density at radius 3 is 2.06 bits per heavy atom. The van der Waals surface area contributed by atoms with Crippen LogP contribution in [0.5, 0.6) is 17.2 Å². The molecule has 0 radical (unpaired) electrons. The maximum Gasteiger partial charge on any atom is 0.278 e. The molecule has 0 aliphatic carbocycles. The van der Waals surface area contributed by atoms with Gasteiger partial charge in [-0.05, 0) is 47.5 Å². The third kappa shape index (κ3) is 4.43. The number of halogens is 1. The van der Waals surface area contributed by atoms with E-state index in [2.05, 4.69) is 5.32 Å². The lowest BCUT2D eigenvalue weighted by molar-refractivity contribution is -0.137. The van der Waals surface area contributed by atoms with E-state index in [1.807, 2.05) is 0 Å². The van der Waals surface area contributed by atoms with Crippen molar-refractivity contribution in [1.29, 1.82) is 0 Å². The molecule has 0 saturated carbocycles. The molecule has 4 rings (SSSR count). The van der Waals surface area contributed by atoms with Gasteiger partial charge in [-0.3, -0.25) is 14.5 Å². The standard InChI is InChI=1S/C26H23FN2O5/c1-32-19-10-4-16(5-11-19)15-29-25(30)23(17-6-8-18(27)9-7-17)24(26(29)31)28-21-13-12-20(33-2)14-22(21)34-3/h4-14,28H,15H2,1-3H3. The van der Waals surface area contributed by atoms with Gasteiger partial charge in [0.25, 0.3) is 11.8 Å². The highest BCUT2D eigenvalue weighted by atomic mass is 19.1. The first-order valence-electron chi connectivity index (χ1n) is 10.4. The van der Waals surface area contributed by atoms with E-state index >= 15 is 0 Å². The number of hydrogen-bond donors (Lipinski definition) is 1. The zero-order valence-electron chi connectivity index (χ0n) is 18.9. The van der Waals surface area contributed by atoms with E-state index in [1.54, 1.807) is 49.6 Å². The number of benzene rings is 3. The predicted molar refractivity (Wildman–Crippen MR) is 125 cm³/mol. The average Bonchev–Trinajstić information content (AvgIpc) is 3.09. The number of anilines is 1. The first kappa shape index (κ1) is 22.8. The van der Waals surface area contributed by atoms with Gasteiger partial charge < -0.3 is 19.5 Å². The Bertz CT molecular complexity index is 1250. The van der Waals surface area contributed by atoms with E-state index in [0.717, 1.165) is 10.5 Å². The summed E-state index contributed by atoms with van der Waals surface area (Å²) in [7, 11) is 4.59. The highest BCUT2D eigenvalue weighted by Crippen LogP contribution is 2.35. The van der Waals surface area contributed by atoms with Crippen LogP contribution in [0.1, 0.15) is 11.1 Å². The molecule has 1 N–H and O–H groups in total. The Morgan fingerprint density at radius 2 is 1.44 bits per heavy atom. The second-order valence-electron chi connectivity index (χ2n) is 7.49. The molecule has 0 saturated heterocycles. The molecule has 0 unspecified atom stereocenters. The molecule has 0 fully saturated rings. The maximum absolute atomic E-state index is 13.6. The molecule has 1 aliphatic heterocycles. The van der Waals surface area contributed by atoms with Crippen LogP contribution in [0.2, 0.25) is 0 Å². The fraction of sp³-hybridized carbons (Fsp3) is 0.154. The number of nitrogens with one attached hydrogen (secondary N) is 1. The molecule has 7 nitrogen and oxygen atoms in total. The van der Waals surface area contributed by atoms with Gasteiger partial charge in [0, 0.05) is 6.07 Å². The number of imide groups is 1. The summed E-state index contributed by atoms with van der Waals surface area (Å²) in [6.45, 7) is 0.0667. The normalized spacial score (nSPS) is 13.4. The van der Waals surface area contributed by atoms with Crippen LogP contribution in [0, 0.1) is 5.82 Å². The highest BCUT2D eigenvalue weighted by Gasteiger charge is 2.39. The summed E-state index contributed by atoms with van der Waals surface area (Å²) in [5.74, 6) is 0.245. The molecular weight excluding hydrogens is 439 g/mol. The van der Waals surface area contributed by atoms with Gasteiger partial charge in [0.05, 0.1) is 39.1 Å². The van der Waals surface area contributed by atoms with E-state index in [1.165, 1.54) is 38.5 Å². The molecule has 3 aromatic rings. The monoisotopic (exact) mass is 462 g/mol. The Hall–Kier alpha value is -4.33. The first-order valence-corrected chi connectivity index (χ1v) is 10.4. The number of hydrogen-bond acceptors (Lipinski definition) is 6. The molecule has 8 heteroatoms. The molecule has 3 aromatic carbocycles. The SMILES string of the molecule is COc1ccc(CN2C(=O)C(Nc3ccc(OC)cc3OC)=C(c3ccc(F)cc3)C2=O)cc1. The minimum Gasteiger partial charge on any atom is -0.497 e. The highest BCUT2D eigenvalue weighted by molar-refractivity contribution is 6.36. The Morgan fingerprint density at radius 1 is 0.794 bits per heavy atom. The van der Waals surface area contributed by atoms with Gasteiger partial charge in [0.2, 0.25) is 0 Å². The van der Waals surface area contributed by atoms with Crippen molar-refractivity contribution in [2.45, 2.75) is 6.54 Å². The summed E-state index contributed by atoms with van der Waals surface area (Å²) in [6, 6.07) is 17.6. The minimum atomic E-state index is -0.502. The van der Waals surface area contributed by atoms with Crippen LogP contribution >= 0.6 is 0 Å². The zero-order chi connectivity index (χ0) is 24.2. The number of amides is 2. The molecule has 1 aliphatic rings. The fourth-order valence-electron chi connectivity index (χ4n) is 3.67. The smallest absolute Gasteiger partial charge is 0.278 e. The van der Waals surface area contributed by atoms with Crippen LogP contribution in [0.4, 0.5) is 10.1 Å². The lowest BCUT2D eigenvalue weighted by Gasteiger charge is -2.16. The second kappa shape index (κ2) is 9.66. The number of carbonyl (C=O) groups is 2. The summed E-state index contributed by atoms with van der Waals surface area (Å²) in [6.07, 6.45) is 0. The van der Waals surface area contributed by atoms with Crippen LogP contribution in [-0.4, -0.2) is 38.0 Å². The van der Waals surface area contributed by atoms with Gasteiger partial charge in [-0.25, -0.2) is 4.39 Å². The first-order chi connectivity index (χ1) is 16.4. The summed E-state index contributed by atoms with van der Waals surface area (Å²) in [5.41, 5.74) is 1.88. The maximum atomic E-state index is 13.6. The van der Waals surface area contributed by atoms with Crippen molar-refractivity contribution < 1.29 is 28.2 Å². The van der Waals surface area contributed by atoms with Gasteiger partial charge in [-0.2, -0.15) is 0 Å². The van der Waals surface area contributed by atoms with Crippen molar-refractivity contribution in [1.82, 2.24) is 4.90 Å². The largest absolute Gasteiger partial charge is 0.497 e. The number of methoxy groups -OCH3 is 3. The van der Waals surface area contributed by atoms with E-state index < -0.39 is 17.6 Å². The average molecular weight is 462 g/mol. The van der Waals surface area contributed by atoms with Crippen molar-refractivity contribution in [3.63, 3.8) is 0 Å². The Labute approximate surface area is 196 Å². The number of carbonyl (C=O) groups excluding carboxylic acids is 2. The quantitative estimate of drug-likeness (QED) is 0.505. The van der Waals surface area contributed by atoms with Crippen LogP contribution in [0.25, 0.3) is 5.57 Å². The van der Waals surface area contributed by atoms with Crippen LogP contribution in [-0.2, 0) is 16.1 Å². The fourth-order valence-corrected chi connectivity index (χ4v) is 3.67. The summed E-state index contributed by atoms with van der Waals surface area (Å²) < 4.78 is 29.4. The Kier molecular flexibility index (Phi) is 6.49. The second-order valence-corrected chi connectivity index (χ2v) is 7.49. The van der Waals surface area contributed by atoms with Gasteiger partial charge >= 0.3 is 0 Å². The van der Waals surface area contributed by atoms with Crippen molar-refractivity contribution in [3.8, 4) is 17.2 Å². The molecule has 0 atom stereocenters. The van der Waals surface area contributed by atoms with Crippen molar-refractivity contribution in [3.05, 3.63) is 89.4 Å². The molecule has 34 heavy (non-hydrogen) atoms. The molecule has 174 valence electrons. The number of ether oxygens (including phenoxy) is 3. The number of nitrogens with zero attached hydrogens (tertiary/aromatic N) is 1. The van der Waals surface area contributed by atoms with Crippen molar-refractivity contribution in [2.75, 3.05) is 26.6 Å². The lowest BCUT2D eigenvalue weighted by Crippen LogP contribution is -2.32. The van der Waals surface area contributed by atoms with Crippen LogP contribution < -0.4 is 19.5 Å². The zero-order valence-corrected chi connectivity index (χ0v) is 18.9. The molecule has 0 bridgehead atoms. The van der Waals surface area contributed by atoms with E-state index in [9.17, 15) is 14.0 Å². The predicted octanol–water partition coefficient (Wildman–Crippen LogP) is 4.24. The summed E-state index contributed by atoms with van der Waals surface area (Å²) in [4.78, 5) is 28.0. The topological polar surface area (TPSA) is 77.1 Å². The van der Waals surface area contributed by atoms with Gasteiger partial charge in [0.1, 0.15) is 28.8 Å². The van der Waals surface area contributed by atoms with Crippen LogP contribution in [0.15, 0.2) is 72.4 Å². The van der Waals surface area contributed by atoms with E-state index in [-0.39, 0.29) is 17.8 Å². The van der Waals surface area contributed by atoms with E-state index in [0.29, 0.717) is 28.5 Å². The van der Waals surface area contributed by atoms with Gasteiger partial charge in [-0.1, -0.05) is 24.3 Å². The lowest BCUT2D eigenvalue weighted by atomic mass is 10.0. The summed E-state index contributed by atoms with van der Waals surface area (Å²) >= 11 is 0. The minimum absolute atomic E-state index is 0.0667. The third-order valence-electron chi connectivity index (χ3n) is 5.47. The molecule has 0 aromatic heterocycles. The van der Waals surface area contributed by atoms with E-state index in [4.69, 9.17) is 14.2 Å². The summed E-state index contributed by atoms with van der Waals surface area (Å²) in [5, 5.41) is 3.06. The van der Waals surface area contributed by atoms with Gasteiger partial charge in [0.15, 0.2) is 0 Å². The molecule has 1 heterocycles. The van der Waals surface area contributed by atoms with Crippen molar-refractivity contribution >= 4 is 23.1 Å². The molecular formula is C26H23FN2O5. The van der Waals surface area contributed by atoms with Gasteiger partial charge in [-0.15, -0.1) is 0 Å². The third-order valence-corrected chi connectivity index (χ3v) is 5.47. The van der Waals surface area contributed by atoms with Crippen LogP contribution in [0.3, 0.4) is 0 Å². The number of rotatable bonds is 8. The molecule has 2 amide bonds. The van der Waals surface area contributed by atoms with Crippen molar-refractivity contribution in [2.24, 2.45) is 0 Å². The Balaban J connectivity index is 1.73.